The first kappa shape index (κ1) is 18.9. The number of amides is 2. The normalized spacial score (nSPS) is 14.0. The number of esters is 1. The summed E-state index contributed by atoms with van der Waals surface area (Å²) >= 11 is 0. The average molecular weight is 413 g/mol. The molecule has 0 spiro atoms. The Balaban J connectivity index is 1.80. The molecule has 154 valence electrons. The molecular formula is C24H19N3O4. The summed E-state index contributed by atoms with van der Waals surface area (Å²) in [5.74, 6) is -1.29. The number of methoxy groups -OCH3 is 1. The van der Waals surface area contributed by atoms with Crippen LogP contribution in [0.3, 0.4) is 0 Å². The third-order valence-electron chi connectivity index (χ3n) is 5.78. The van der Waals surface area contributed by atoms with Crippen LogP contribution in [0.2, 0.25) is 0 Å². The van der Waals surface area contributed by atoms with E-state index in [1.165, 1.54) is 7.11 Å². The van der Waals surface area contributed by atoms with E-state index in [0.29, 0.717) is 27.8 Å². The van der Waals surface area contributed by atoms with E-state index in [-0.39, 0.29) is 0 Å². The van der Waals surface area contributed by atoms with Gasteiger partial charge in [0.15, 0.2) is 0 Å². The quantitative estimate of drug-likeness (QED) is 0.413. The summed E-state index contributed by atoms with van der Waals surface area (Å²) in [5.41, 5.74) is 4.17. The van der Waals surface area contributed by atoms with E-state index in [1.54, 1.807) is 18.2 Å². The van der Waals surface area contributed by atoms with Gasteiger partial charge in [-0.25, -0.2) is 4.79 Å². The lowest BCUT2D eigenvalue weighted by atomic mass is 9.95. The Morgan fingerprint density at radius 1 is 0.839 bits per heavy atom. The van der Waals surface area contributed by atoms with Crippen molar-refractivity contribution in [3.05, 3.63) is 71.5 Å². The molecule has 0 bridgehead atoms. The molecular weight excluding hydrogens is 394 g/mol. The Labute approximate surface area is 177 Å². The van der Waals surface area contributed by atoms with Crippen molar-refractivity contribution in [3.8, 4) is 0 Å². The molecule has 0 atom stereocenters. The fourth-order valence-electron chi connectivity index (χ4n) is 4.34. The Kier molecular flexibility index (Phi) is 4.08. The van der Waals surface area contributed by atoms with Crippen molar-refractivity contribution in [2.75, 3.05) is 7.11 Å². The van der Waals surface area contributed by atoms with Gasteiger partial charge in [0.25, 0.3) is 11.8 Å². The van der Waals surface area contributed by atoms with Gasteiger partial charge in [-0.05, 0) is 18.2 Å². The predicted octanol–water partition coefficient (Wildman–Crippen LogP) is 3.02. The van der Waals surface area contributed by atoms with E-state index in [0.717, 1.165) is 21.8 Å². The number of imide groups is 1. The molecule has 1 N–H and O–H groups in total. The summed E-state index contributed by atoms with van der Waals surface area (Å²) in [6.07, 6.45) is 3.68. The van der Waals surface area contributed by atoms with Crippen LogP contribution >= 0.6 is 0 Å². The van der Waals surface area contributed by atoms with Crippen LogP contribution in [-0.4, -0.2) is 34.0 Å². The van der Waals surface area contributed by atoms with Crippen molar-refractivity contribution in [2.45, 2.75) is 0 Å². The van der Waals surface area contributed by atoms with E-state index in [9.17, 15) is 14.4 Å². The second kappa shape index (κ2) is 6.70. The maximum atomic E-state index is 12.9. The molecule has 1 aliphatic rings. The zero-order valence-electron chi connectivity index (χ0n) is 17.2. The van der Waals surface area contributed by atoms with Gasteiger partial charge in [-0.3, -0.25) is 14.9 Å². The summed E-state index contributed by atoms with van der Waals surface area (Å²) in [4.78, 5) is 37.7. The molecule has 0 radical (unpaired) electrons. The molecule has 2 amide bonds. The number of carbonyl (C=O) groups excluding carboxylic acids is 3. The van der Waals surface area contributed by atoms with Gasteiger partial charge >= 0.3 is 5.97 Å². The van der Waals surface area contributed by atoms with Crippen LogP contribution in [0.25, 0.3) is 33.0 Å². The van der Waals surface area contributed by atoms with Crippen LogP contribution in [0.5, 0.6) is 0 Å². The summed E-state index contributed by atoms with van der Waals surface area (Å²) in [5, 5.41) is 4.13. The first-order valence-electron chi connectivity index (χ1n) is 9.73. The highest BCUT2D eigenvalue weighted by Crippen LogP contribution is 2.38. The number of rotatable bonds is 3. The highest BCUT2D eigenvalue weighted by molar-refractivity contribution is 6.50. The van der Waals surface area contributed by atoms with Gasteiger partial charge in [0.05, 0.1) is 23.8 Å². The molecule has 5 rings (SSSR count). The molecule has 0 fully saturated rings. The predicted molar refractivity (Wildman–Crippen MR) is 117 cm³/mol. The number of fused-ring (bicyclic) bond motifs is 2. The topological polar surface area (TPSA) is 82.3 Å². The monoisotopic (exact) mass is 413 g/mol. The van der Waals surface area contributed by atoms with Crippen molar-refractivity contribution < 1.29 is 19.1 Å². The molecule has 2 aromatic heterocycles. The molecule has 7 nitrogen and oxygen atoms in total. The standard InChI is InChI=1S/C24H19N3O4/c1-26-11-16(14-6-4-5-7-18(14)26)20-21(23(29)25-22(20)28)17-12-27(2)19-10-13(24(30)31-3)8-9-15(17)19/h4-12H,1-3H3,(H,25,28,29). The van der Waals surface area contributed by atoms with Gasteiger partial charge in [-0.15, -0.1) is 0 Å². The SMILES string of the molecule is COC(=O)c1ccc2c(C3=C(c4cn(C)c5ccccc45)C(=O)NC3=O)cn(C)c2c1. The van der Waals surface area contributed by atoms with Crippen LogP contribution in [0.4, 0.5) is 0 Å². The highest BCUT2D eigenvalue weighted by Gasteiger charge is 2.35. The van der Waals surface area contributed by atoms with Gasteiger partial charge in [0, 0.05) is 59.4 Å². The summed E-state index contributed by atoms with van der Waals surface area (Å²) < 4.78 is 8.59. The molecule has 2 aromatic carbocycles. The minimum absolute atomic E-state index is 0.331. The van der Waals surface area contributed by atoms with Gasteiger partial charge in [0.1, 0.15) is 0 Å². The average Bonchev–Trinajstić information content (AvgIpc) is 3.38. The number of benzene rings is 2. The largest absolute Gasteiger partial charge is 0.465 e. The lowest BCUT2D eigenvalue weighted by Gasteiger charge is -2.04. The molecule has 0 aliphatic carbocycles. The summed E-state index contributed by atoms with van der Waals surface area (Å²) in [6.45, 7) is 0. The minimum Gasteiger partial charge on any atom is -0.465 e. The van der Waals surface area contributed by atoms with Crippen molar-refractivity contribution in [1.82, 2.24) is 14.5 Å². The zero-order valence-corrected chi connectivity index (χ0v) is 17.2. The van der Waals surface area contributed by atoms with E-state index in [4.69, 9.17) is 4.74 Å². The number of carbonyl (C=O) groups is 3. The van der Waals surface area contributed by atoms with Crippen LogP contribution in [0.15, 0.2) is 54.9 Å². The second-order valence-electron chi connectivity index (χ2n) is 7.58. The lowest BCUT2D eigenvalue weighted by molar-refractivity contribution is -0.122. The van der Waals surface area contributed by atoms with Gasteiger partial charge in [0.2, 0.25) is 0 Å². The van der Waals surface area contributed by atoms with Gasteiger partial charge < -0.3 is 13.9 Å². The first-order valence-corrected chi connectivity index (χ1v) is 9.73. The molecule has 1 aliphatic heterocycles. The van der Waals surface area contributed by atoms with Crippen LogP contribution in [0, 0.1) is 0 Å². The summed E-state index contributed by atoms with van der Waals surface area (Å²) in [6, 6.07) is 12.9. The Hall–Kier alpha value is -4.13. The highest BCUT2D eigenvalue weighted by atomic mass is 16.5. The first-order chi connectivity index (χ1) is 14.9. The van der Waals surface area contributed by atoms with E-state index in [2.05, 4.69) is 5.32 Å². The van der Waals surface area contributed by atoms with Gasteiger partial charge in [-0.1, -0.05) is 24.3 Å². The van der Waals surface area contributed by atoms with Crippen molar-refractivity contribution >= 4 is 50.7 Å². The number of nitrogens with zero attached hydrogens (tertiary/aromatic N) is 2. The van der Waals surface area contributed by atoms with Gasteiger partial charge in [-0.2, -0.15) is 0 Å². The fourth-order valence-corrected chi connectivity index (χ4v) is 4.34. The van der Waals surface area contributed by atoms with Crippen molar-refractivity contribution in [2.24, 2.45) is 14.1 Å². The number of hydrogen-bond acceptors (Lipinski definition) is 4. The van der Waals surface area contributed by atoms with Crippen molar-refractivity contribution in [3.63, 3.8) is 0 Å². The zero-order chi connectivity index (χ0) is 21.9. The minimum atomic E-state index is -0.436. The number of nitrogens with one attached hydrogen (secondary N) is 1. The fraction of sp³-hybridized carbons (Fsp3) is 0.125. The third kappa shape index (κ3) is 2.70. The summed E-state index contributed by atoms with van der Waals surface area (Å²) in [7, 11) is 5.07. The Morgan fingerprint density at radius 3 is 2.06 bits per heavy atom. The lowest BCUT2D eigenvalue weighted by Crippen LogP contribution is -2.22. The van der Waals surface area contributed by atoms with E-state index in [1.807, 2.05) is 59.9 Å². The molecule has 31 heavy (non-hydrogen) atoms. The molecule has 0 unspecified atom stereocenters. The molecule has 0 saturated carbocycles. The number of ether oxygens (including phenoxy) is 1. The van der Waals surface area contributed by atoms with Crippen LogP contribution in [0.1, 0.15) is 21.5 Å². The number of aryl methyl sites for hydroxylation is 2. The maximum Gasteiger partial charge on any atom is 0.337 e. The number of para-hydroxylation sites is 1. The Morgan fingerprint density at radius 2 is 1.42 bits per heavy atom. The third-order valence-corrected chi connectivity index (χ3v) is 5.78. The molecule has 7 heteroatoms. The second-order valence-corrected chi connectivity index (χ2v) is 7.58. The Bertz CT molecular complexity index is 1470. The molecule has 3 heterocycles. The van der Waals surface area contributed by atoms with E-state index >= 15 is 0 Å². The van der Waals surface area contributed by atoms with Crippen LogP contribution < -0.4 is 5.32 Å². The van der Waals surface area contributed by atoms with Crippen LogP contribution in [-0.2, 0) is 28.4 Å². The molecule has 0 saturated heterocycles. The molecule has 4 aromatic rings. The van der Waals surface area contributed by atoms with E-state index < -0.39 is 17.8 Å². The van der Waals surface area contributed by atoms with Crippen molar-refractivity contribution in [1.29, 1.82) is 0 Å². The maximum absolute atomic E-state index is 12.9. The number of hydrogen-bond donors (Lipinski definition) is 1. The number of aromatic nitrogens is 2. The smallest absolute Gasteiger partial charge is 0.337 e.